The van der Waals surface area contributed by atoms with Gasteiger partial charge in [-0.1, -0.05) is 38.1 Å². The molecule has 1 heterocycles. The smallest absolute Gasteiger partial charge is 0.113 e. The Morgan fingerprint density at radius 2 is 1.84 bits per heavy atom. The fourth-order valence-electron chi connectivity index (χ4n) is 1.99. The largest absolute Gasteiger partial charge is 0.320 e. The van der Waals surface area contributed by atoms with Crippen molar-refractivity contribution in [2.75, 3.05) is 0 Å². The molecule has 19 heavy (non-hydrogen) atoms. The van der Waals surface area contributed by atoms with Crippen LogP contribution in [0.4, 0.5) is 0 Å². The zero-order valence-corrected chi connectivity index (χ0v) is 12.9. The highest BCUT2D eigenvalue weighted by molar-refractivity contribution is 7.10. The lowest BCUT2D eigenvalue weighted by molar-refractivity contribution is 0.551. The minimum Gasteiger partial charge on any atom is -0.320 e. The van der Waals surface area contributed by atoms with Crippen molar-refractivity contribution < 1.29 is 0 Å². The summed E-state index contributed by atoms with van der Waals surface area (Å²) < 4.78 is 0. The second kappa shape index (κ2) is 5.43. The minimum absolute atomic E-state index is 0.361. The number of benzene rings is 1. The number of hydrogen-bond donors (Lipinski definition) is 1. The summed E-state index contributed by atoms with van der Waals surface area (Å²) in [6.07, 6.45) is 1.12. The zero-order chi connectivity index (χ0) is 14.0. The molecule has 102 valence electrons. The molecule has 0 amide bonds. The van der Waals surface area contributed by atoms with Crippen LogP contribution >= 0.6 is 11.3 Å². The van der Waals surface area contributed by atoms with Gasteiger partial charge in [0.15, 0.2) is 0 Å². The van der Waals surface area contributed by atoms with Gasteiger partial charge in [-0.05, 0) is 31.7 Å². The van der Waals surface area contributed by atoms with Gasteiger partial charge in [-0.2, -0.15) is 0 Å². The Morgan fingerprint density at radius 1 is 1.21 bits per heavy atom. The molecule has 0 radical (unpaired) electrons. The van der Waals surface area contributed by atoms with E-state index in [4.69, 9.17) is 5.73 Å². The first kappa shape index (κ1) is 14.2. The molecule has 1 aromatic heterocycles. The molecule has 0 aliphatic rings. The van der Waals surface area contributed by atoms with E-state index in [2.05, 4.69) is 48.5 Å². The van der Waals surface area contributed by atoms with Crippen LogP contribution in [-0.2, 0) is 12.0 Å². The first-order valence-electron chi connectivity index (χ1n) is 6.70. The highest BCUT2D eigenvalue weighted by Gasteiger charge is 2.18. The molecule has 0 aliphatic heterocycles. The minimum atomic E-state index is -0.361. The molecule has 0 atom stereocenters. The maximum Gasteiger partial charge on any atom is 0.113 e. The van der Waals surface area contributed by atoms with Gasteiger partial charge in [0.25, 0.3) is 0 Å². The van der Waals surface area contributed by atoms with Gasteiger partial charge in [0.2, 0.25) is 0 Å². The number of nitrogens with two attached hydrogens (primary N) is 1. The molecule has 2 nitrogen and oxygen atoms in total. The van der Waals surface area contributed by atoms with Gasteiger partial charge in [0.1, 0.15) is 5.01 Å². The molecule has 0 bridgehead atoms. The average Bonchev–Trinajstić information content (AvgIpc) is 2.78. The summed E-state index contributed by atoms with van der Waals surface area (Å²) in [6.45, 7) is 8.45. The SMILES string of the molecule is CC(C)Cc1ccc(-c2csc(C(C)(C)N)n2)cc1. The Bertz CT molecular complexity index is 533. The standard InChI is InChI=1S/C16H22N2S/c1-11(2)9-12-5-7-13(8-6-12)14-10-19-15(18-14)16(3,4)17/h5-8,10-11H,9,17H2,1-4H3. The van der Waals surface area contributed by atoms with E-state index in [0.29, 0.717) is 5.92 Å². The Hall–Kier alpha value is -1.19. The molecular formula is C16H22N2S. The third-order valence-corrected chi connectivity index (χ3v) is 4.13. The molecule has 0 unspecified atom stereocenters. The van der Waals surface area contributed by atoms with Crippen LogP contribution in [-0.4, -0.2) is 4.98 Å². The van der Waals surface area contributed by atoms with Crippen LogP contribution in [0.1, 0.15) is 38.3 Å². The van der Waals surface area contributed by atoms with Gasteiger partial charge in [-0.25, -0.2) is 4.98 Å². The van der Waals surface area contributed by atoms with Crippen LogP contribution in [0, 0.1) is 5.92 Å². The predicted octanol–water partition coefficient (Wildman–Crippen LogP) is 4.20. The Labute approximate surface area is 119 Å². The summed E-state index contributed by atoms with van der Waals surface area (Å²) >= 11 is 1.63. The van der Waals surface area contributed by atoms with Crippen LogP contribution in [0.5, 0.6) is 0 Å². The second-order valence-electron chi connectivity index (χ2n) is 6.05. The number of nitrogens with zero attached hydrogens (tertiary/aromatic N) is 1. The molecular weight excluding hydrogens is 252 g/mol. The van der Waals surface area contributed by atoms with E-state index in [1.165, 1.54) is 11.1 Å². The van der Waals surface area contributed by atoms with Gasteiger partial charge >= 0.3 is 0 Å². The maximum atomic E-state index is 6.08. The van der Waals surface area contributed by atoms with E-state index in [1.54, 1.807) is 11.3 Å². The van der Waals surface area contributed by atoms with E-state index in [0.717, 1.165) is 17.1 Å². The molecule has 0 saturated heterocycles. The van der Waals surface area contributed by atoms with Crippen molar-refractivity contribution in [2.24, 2.45) is 11.7 Å². The van der Waals surface area contributed by atoms with Crippen molar-refractivity contribution in [1.82, 2.24) is 4.98 Å². The van der Waals surface area contributed by atoms with Crippen molar-refractivity contribution in [3.8, 4) is 11.3 Å². The lowest BCUT2D eigenvalue weighted by Crippen LogP contribution is -2.28. The van der Waals surface area contributed by atoms with Gasteiger partial charge < -0.3 is 5.73 Å². The number of thiazole rings is 1. The average molecular weight is 274 g/mol. The van der Waals surface area contributed by atoms with Crippen molar-refractivity contribution in [1.29, 1.82) is 0 Å². The van der Waals surface area contributed by atoms with Crippen LogP contribution in [0.25, 0.3) is 11.3 Å². The normalized spacial score (nSPS) is 12.1. The topological polar surface area (TPSA) is 38.9 Å². The van der Waals surface area contributed by atoms with Gasteiger partial charge in [0, 0.05) is 10.9 Å². The zero-order valence-electron chi connectivity index (χ0n) is 12.1. The third kappa shape index (κ3) is 3.64. The molecule has 1 aromatic carbocycles. The van der Waals surface area contributed by atoms with E-state index in [-0.39, 0.29) is 5.54 Å². The maximum absolute atomic E-state index is 6.08. The Morgan fingerprint density at radius 3 is 2.32 bits per heavy atom. The van der Waals surface area contributed by atoms with E-state index in [9.17, 15) is 0 Å². The first-order chi connectivity index (χ1) is 8.86. The summed E-state index contributed by atoms with van der Waals surface area (Å²) in [6, 6.07) is 8.70. The summed E-state index contributed by atoms with van der Waals surface area (Å²) in [5.41, 5.74) is 9.29. The third-order valence-electron chi connectivity index (χ3n) is 2.95. The Balaban J connectivity index is 2.20. The fourth-order valence-corrected chi connectivity index (χ4v) is 2.85. The summed E-state index contributed by atoms with van der Waals surface area (Å²) in [7, 11) is 0. The van der Waals surface area contributed by atoms with Crippen molar-refractivity contribution >= 4 is 11.3 Å². The second-order valence-corrected chi connectivity index (χ2v) is 6.91. The summed E-state index contributed by atoms with van der Waals surface area (Å²) in [5.74, 6) is 0.690. The van der Waals surface area contributed by atoms with Crippen molar-refractivity contribution in [3.05, 3.63) is 40.2 Å². The lowest BCUT2D eigenvalue weighted by Gasteiger charge is -2.13. The molecule has 0 spiro atoms. The van der Waals surface area contributed by atoms with Crippen molar-refractivity contribution in [2.45, 2.75) is 39.7 Å². The van der Waals surface area contributed by atoms with Crippen LogP contribution in [0.3, 0.4) is 0 Å². The summed E-state index contributed by atoms with van der Waals surface area (Å²) in [5, 5.41) is 3.07. The highest BCUT2D eigenvalue weighted by atomic mass is 32.1. The lowest BCUT2D eigenvalue weighted by atomic mass is 10.0. The van der Waals surface area contributed by atoms with Crippen LogP contribution in [0.2, 0.25) is 0 Å². The van der Waals surface area contributed by atoms with E-state index < -0.39 is 0 Å². The molecule has 0 fully saturated rings. The highest BCUT2D eigenvalue weighted by Crippen LogP contribution is 2.27. The molecule has 3 heteroatoms. The number of aromatic nitrogens is 1. The number of rotatable bonds is 4. The van der Waals surface area contributed by atoms with Crippen LogP contribution < -0.4 is 5.73 Å². The number of hydrogen-bond acceptors (Lipinski definition) is 3. The van der Waals surface area contributed by atoms with Gasteiger partial charge in [-0.15, -0.1) is 11.3 Å². The quantitative estimate of drug-likeness (QED) is 0.907. The van der Waals surface area contributed by atoms with Crippen molar-refractivity contribution in [3.63, 3.8) is 0 Å². The molecule has 2 rings (SSSR count). The van der Waals surface area contributed by atoms with E-state index in [1.807, 2.05) is 13.8 Å². The molecule has 2 aromatic rings. The summed E-state index contributed by atoms with van der Waals surface area (Å²) in [4.78, 5) is 4.64. The first-order valence-corrected chi connectivity index (χ1v) is 7.58. The molecule has 0 aliphatic carbocycles. The Kier molecular flexibility index (Phi) is 4.07. The fraction of sp³-hybridized carbons (Fsp3) is 0.438. The van der Waals surface area contributed by atoms with E-state index >= 15 is 0 Å². The molecule has 2 N–H and O–H groups in total. The predicted molar refractivity (Wildman–Crippen MR) is 83.3 cm³/mol. The van der Waals surface area contributed by atoms with Crippen LogP contribution in [0.15, 0.2) is 29.6 Å². The molecule has 0 saturated carbocycles. The monoisotopic (exact) mass is 274 g/mol. The van der Waals surface area contributed by atoms with Gasteiger partial charge in [-0.3, -0.25) is 0 Å². The van der Waals surface area contributed by atoms with Gasteiger partial charge in [0.05, 0.1) is 11.2 Å².